The van der Waals surface area contributed by atoms with E-state index in [4.69, 9.17) is 0 Å². The molecule has 3 heteroatoms. The van der Waals surface area contributed by atoms with E-state index in [9.17, 15) is 10.0 Å². The summed E-state index contributed by atoms with van der Waals surface area (Å²) in [5, 5.41) is 23.8. The van der Waals surface area contributed by atoms with Gasteiger partial charge in [-0.05, 0) is 45.4 Å². The van der Waals surface area contributed by atoms with Gasteiger partial charge in [0.2, 0.25) is 0 Å². The highest BCUT2D eigenvalue weighted by molar-refractivity contribution is 6.65. The SMILES string of the molecule is CCCCc1c2ccccc2c(B(O)O)c2ccccc12. The summed E-state index contributed by atoms with van der Waals surface area (Å²) >= 11 is 0. The lowest BCUT2D eigenvalue weighted by Crippen LogP contribution is -2.31. The zero-order valence-corrected chi connectivity index (χ0v) is 12.2. The van der Waals surface area contributed by atoms with Crippen molar-refractivity contribution in [1.29, 1.82) is 0 Å². The predicted octanol–water partition coefficient (Wildman–Crippen LogP) is 3.02. The van der Waals surface area contributed by atoms with Crippen LogP contribution in [0, 0.1) is 0 Å². The first-order valence-electron chi connectivity index (χ1n) is 7.52. The van der Waals surface area contributed by atoms with Crippen LogP contribution in [-0.4, -0.2) is 17.2 Å². The zero-order valence-electron chi connectivity index (χ0n) is 12.2. The van der Waals surface area contributed by atoms with Crippen LogP contribution in [-0.2, 0) is 6.42 Å². The van der Waals surface area contributed by atoms with Crippen LogP contribution in [0.25, 0.3) is 21.5 Å². The van der Waals surface area contributed by atoms with Gasteiger partial charge in [-0.3, -0.25) is 0 Å². The van der Waals surface area contributed by atoms with Crippen LogP contribution in [0.2, 0.25) is 0 Å². The van der Waals surface area contributed by atoms with Crippen molar-refractivity contribution in [1.82, 2.24) is 0 Å². The van der Waals surface area contributed by atoms with Gasteiger partial charge in [-0.15, -0.1) is 0 Å². The molecule has 106 valence electrons. The minimum atomic E-state index is -1.46. The zero-order chi connectivity index (χ0) is 14.8. The molecule has 0 heterocycles. The molecule has 0 radical (unpaired) electrons. The van der Waals surface area contributed by atoms with Crippen molar-refractivity contribution < 1.29 is 10.0 Å². The van der Waals surface area contributed by atoms with Crippen molar-refractivity contribution in [2.45, 2.75) is 26.2 Å². The monoisotopic (exact) mass is 278 g/mol. The third-order valence-corrected chi connectivity index (χ3v) is 4.12. The number of hydrogen-bond acceptors (Lipinski definition) is 2. The molecular formula is C18H19BO2. The van der Waals surface area contributed by atoms with E-state index in [-0.39, 0.29) is 0 Å². The van der Waals surface area contributed by atoms with Crippen LogP contribution < -0.4 is 5.46 Å². The highest BCUT2D eigenvalue weighted by atomic mass is 16.4. The lowest BCUT2D eigenvalue weighted by Gasteiger charge is -2.16. The summed E-state index contributed by atoms with van der Waals surface area (Å²) in [6, 6.07) is 16.1. The van der Waals surface area contributed by atoms with Crippen molar-refractivity contribution in [2.75, 3.05) is 0 Å². The van der Waals surface area contributed by atoms with E-state index in [0.29, 0.717) is 5.46 Å². The topological polar surface area (TPSA) is 40.5 Å². The van der Waals surface area contributed by atoms with E-state index in [0.717, 1.165) is 40.8 Å². The molecule has 3 aromatic carbocycles. The Labute approximate surface area is 125 Å². The molecule has 2 N–H and O–H groups in total. The van der Waals surface area contributed by atoms with Crippen LogP contribution in [0.1, 0.15) is 25.3 Å². The molecule has 0 saturated heterocycles. The summed E-state index contributed by atoms with van der Waals surface area (Å²) in [4.78, 5) is 0. The van der Waals surface area contributed by atoms with Gasteiger partial charge in [0.05, 0.1) is 0 Å². The normalized spacial score (nSPS) is 11.2. The second kappa shape index (κ2) is 5.88. The van der Waals surface area contributed by atoms with Crippen LogP contribution in [0.5, 0.6) is 0 Å². The molecule has 0 bridgehead atoms. The second-order valence-corrected chi connectivity index (χ2v) is 5.46. The van der Waals surface area contributed by atoms with Crippen LogP contribution in [0.3, 0.4) is 0 Å². The Hall–Kier alpha value is -1.84. The van der Waals surface area contributed by atoms with Gasteiger partial charge in [0, 0.05) is 0 Å². The summed E-state index contributed by atoms with van der Waals surface area (Å²) in [7, 11) is -1.46. The van der Waals surface area contributed by atoms with Gasteiger partial charge >= 0.3 is 7.12 Å². The maximum absolute atomic E-state index is 9.84. The Balaban J connectivity index is 2.45. The number of aryl methyl sites for hydroxylation is 1. The van der Waals surface area contributed by atoms with E-state index in [1.807, 2.05) is 36.4 Å². The van der Waals surface area contributed by atoms with Gasteiger partial charge in [0.1, 0.15) is 0 Å². The molecule has 0 aliphatic rings. The first kappa shape index (κ1) is 14.1. The first-order valence-corrected chi connectivity index (χ1v) is 7.52. The van der Waals surface area contributed by atoms with Crippen molar-refractivity contribution in [3.8, 4) is 0 Å². The highest BCUT2D eigenvalue weighted by Crippen LogP contribution is 2.28. The Morgan fingerprint density at radius 1 is 0.810 bits per heavy atom. The summed E-state index contributed by atoms with van der Waals surface area (Å²) in [6.45, 7) is 2.19. The fraction of sp³-hybridized carbons (Fsp3) is 0.222. The molecule has 3 aromatic rings. The largest absolute Gasteiger partial charge is 0.489 e. The fourth-order valence-corrected chi connectivity index (χ4v) is 3.15. The molecule has 0 fully saturated rings. The van der Waals surface area contributed by atoms with Crippen molar-refractivity contribution in [3.05, 3.63) is 54.1 Å². The molecule has 3 rings (SSSR count). The lowest BCUT2D eigenvalue weighted by atomic mass is 9.72. The Morgan fingerprint density at radius 2 is 1.29 bits per heavy atom. The van der Waals surface area contributed by atoms with Crippen molar-refractivity contribution in [3.63, 3.8) is 0 Å². The third kappa shape index (κ3) is 2.43. The second-order valence-electron chi connectivity index (χ2n) is 5.46. The Morgan fingerprint density at radius 3 is 1.71 bits per heavy atom. The van der Waals surface area contributed by atoms with Crippen LogP contribution in [0.15, 0.2) is 48.5 Å². The van der Waals surface area contributed by atoms with Crippen molar-refractivity contribution in [2.24, 2.45) is 0 Å². The van der Waals surface area contributed by atoms with Gasteiger partial charge in [-0.25, -0.2) is 0 Å². The molecule has 2 nitrogen and oxygen atoms in total. The molecule has 0 spiro atoms. The van der Waals surface area contributed by atoms with E-state index in [2.05, 4.69) is 19.1 Å². The predicted molar refractivity (Wildman–Crippen MR) is 89.9 cm³/mol. The number of rotatable bonds is 4. The standard InChI is InChI=1S/C18H19BO2/c1-2-3-8-13-14-9-4-6-11-16(14)18(19(20)21)17-12-7-5-10-15(13)17/h4-7,9-12,20-21H,2-3,8H2,1H3. The van der Waals surface area contributed by atoms with E-state index < -0.39 is 7.12 Å². The number of hydrogen-bond donors (Lipinski definition) is 2. The summed E-state index contributed by atoms with van der Waals surface area (Å²) in [6.07, 6.45) is 3.29. The summed E-state index contributed by atoms with van der Waals surface area (Å²) in [5.74, 6) is 0. The molecule has 0 aromatic heterocycles. The molecule has 0 aliphatic carbocycles. The molecule has 0 amide bonds. The maximum atomic E-state index is 9.84. The summed E-state index contributed by atoms with van der Waals surface area (Å²) < 4.78 is 0. The average Bonchev–Trinajstić information content (AvgIpc) is 2.51. The van der Waals surface area contributed by atoms with Gasteiger partial charge in [0.25, 0.3) is 0 Å². The van der Waals surface area contributed by atoms with Gasteiger partial charge in [-0.1, -0.05) is 61.9 Å². The molecule has 21 heavy (non-hydrogen) atoms. The quantitative estimate of drug-likeness (QED) is 0.569. The molecule has 0 unspecified atom stereocenters. The maximum Gasteiger partial charge on any atom is 0.489 e. The Kier molecular flexibility index (Phi) is 3.95. The van der Waals surface area contributed by atoms with Gasteiger partial charge < -0.3 is 10.0 Å². The van der Waals surface area contributed by atoms with Gasteiger partial charge in [0.15, 0.2) is 0 Å². The molecular weight excluding hydrogens is 259 g/mol. The lowest BCUT2D eigenvalue weighted by molar-refractivity contribution is 0.426. The summed E-state index contributed by atoms with van der Waals surface area (Å²) in [5.41, 5.74) is 1.92. The van der Waals surface area contributed by atoms with E-state index in [1.54, 1.807) is 0 Å². The van der Waals surface area contributed by atoms with Crippen molar-refractivity contribution >= 4 is 34.1 Å². The Bertz CT molecular complexity index is 724. The molecule has 0 atom stereocenters. The molecule has 0 saturated carbocycles. The fourth-order valence-electron chi connectivity index (χ4n) is 3.15. The van der Waals surface area contributed by atoms with Crippen LogP contribution >= 0.6 is 0 Å². The smallest absolute Gasteiger partial charge is 0.423 e. The first-order chi connectivity index (χ1) is 10.2. The van der Waals surface area contributed by atoms with E-state index in [1.165, 1.54) is 5.56 Å². The minimum Gasteiger partial charge on any atom is -0.423 e. The average molecular weight is 278 g/mol. The highest BCUT2D eigenvalue weighted by Gasteiger charge is 2.20. The molecule has 0 aliphatic heterocycles. The number of unbranched alkanes of at least 4 members (excludes halogenated alkanes) is 1. The van der Waals surface area contributed by atoms with Crippen LogP contribution in [0.4, 0.5) is 0 Å². The minimum absolute atomic E-state index is 0.612. The number of benzene rings is 3. The number of fused-ring (bicyclic) bond motifs is 2. The van der Waals surface area contributed by atoms with Gasteiger partial charge in [-0.2, -0.15) is 0 Å². The van der Waals surface area contributed by atoms with E-state index >= 15 is 0 Å². The third-order valence-electron chi connectivity index (χ3n) is 4.12.